The molecule has 1 aromatic heterocycles. The molecule has 2 rings (SSSR count). The van der Waals surface area contributed by atoms with Crippen molar-refractivity contribution >= 4 is 5.82 Å². The summed E-state index contributed by atoms with van der Waals surface area (Å²) < 4.78 is 5.23. The SMILES string of the molecule is COCc1c(N2CCCNCC2)n[nH]c1C. The zero-order valence-electron chi connectivity index (χ0n) is 10.0. The molecule has 1 saturated heterocycles. The summed E-state index contributed by atoms with van der Waals surface area (Å²) in [5.74, 6) is 1.06. The minimum absolute atomic E-state index is 0.627. The van der Waals surface area contributed by atoms with Gasteiger partial charge < -0.3 is 15.0 Å². The molecule has 1 aliphatic rings. The number of H-pyrrole nitrogens is 1. The highest BCUT2D eigenvalue weighted by Crippen LogP contribution is 2.21. The molecule has 0 saturated carbocycles. The van der Waals surface area contributed by atoms with Crippen LogP contribution in [0, 0.1) is 6.92 Å². The van der Waals surface area contributed by atoms with Crippen molar-refractivity contribution in [2.75, 3.05) is 38.2 Å². The first-order valence-corrected chi connectivity index (χ1v) is 5.81. The number of methoxy groups -OCH3 is 1. The third-order valence-corrected chi connectivity index (χ3v) is 2.98. The standard InChI is InChI=1S/C11H20N4O/c1-9-10(8-16-2)11(14-13-9)15-6-3-4-12-5-7-15/h12H,3-8H2,1-2H3,(H,13,14). The number of aromatic nitrogens is 2. The minimum Gasteiger partial charge on any atom is -0.380 e. The first-order chi connectivity index (χ1) is 7.83. The van der Waals surface area contributed by atoms with Crippen molar-refractivity contribution in [1.29, 1.82) is 0 Å². The molecule has 0 unspecified atom stereocenters. The molecule has 1 fully saturated rings. The van der Waals surface area contributed by atoms with E-state index in [2.05, 4.69) is 20.4 Å². The van der Waals surface area contributed by atoms with Crippen LogP contribution in [0.4, 0.5) is 5.82 Å². The average molecular weight is 224 g/mol. The van der Waals surface area contributed by atoms with Crippen molar-refractivity contribution in [3.8, 4) is 0 Å². The van der Waals surface area contributed by atoms with E-state index in [9.17, 15) is 0 Å². The molecule has 1 aliphatic heterocycles. The Morgan fingerprint density at radius 3 is 3.06 bits per heavy atom. The average Bonchev–Trinajstić information content (AvgIpc) is 2.55. The van der Waals surface area contributed by atoms with Gasteiger partial charge >= 0.3 is 0 Å². The molecular formula is C11H20N4O. The van der Waals surface area contributed by atoms with Crippen LogP contribution in [-0.4, -0.2) is 43.5 Å². The predicted molar refractivity (Wildman–Crippen MR) is 63.7 cm³/mol. The van der Waals surface area contributed by atoms with Crippen molar-refractivity contribution in [3.05, 3.63) is 11.3 Å². The lowest BCUT2D eigenvalue weighted by Crippen LogP contribution is -2.29. The van der Waals surface area contributed by atoms with E-state index in [4.69, 9.17) is 4.74 Å². The van der Waals surface area contributed by atoms with Crippen molar-refractivity contribution in [1.82, 2.24) is 15.5 Å². The molecule has 5 heteroatoms. The van der Waals surface area contributed by atoms with Crippen LogP contribution in [0.3, 0.4) is 0 Å². The van der Waals surface area contributed by atoms with Gasteiger partial charge in [0.1, 0.15) is 0 Å². The fourth-order valence-electron chi connectivity index (χ4n) is 2.08. The van der Waals surface area contributed by atoms with Crippen LogP contribution in [0.25, 0.3) is 0 Å². The van der Waals surface area contributed by atoms with Crippen LogP contribution in [0.2, 0.25) is 0 Å². The Hall–Kier alpha value is -1.07. The molecule has 0 aliphatic carbocycles. The number of rotatable bonds is 3. The molecule has 0 amide bonds. The zero-order valence-corrected chi connectivity index (χ0v) is 10.0. The van der Waals surface area contributed by atoms with E-state index in [1.54, 1.807) is 7.11 Å². The Morgan fingerprint density at radius 2 is 2.25 bits per heavy atom. The van der Waals surface area contributed by atoms with Crippen LogP contribution >= 0.6 is 0 Å². The molecule has 0 radical (unpaired) electrons. The van der Waals surface area contributed by atoms with E-state index < -0.39 is 0 Å². The first-order valence-electron chi connectivity index (χ1n) is 5.81. The maximum Gasteiger partial charge on any atom is 0.156 e. The second kappa shape index (κ2) is 5.32. The predicted octanol–water partition coefficient (Wildman–Crippen LogP) is 0.664. The number of nitrogens with zero attached hydrogens (tertiary/aromatic N) is 2. The van der Waals surface area contributed by atoms with Gasteiger partial charge in [-0.1, -0.05) is 0 Å². The van der Waals surface area contributed by atoms with E-state index in [0.29, 0.717) is 6.61 Å². The van der Waals surface area contributed by atoms with E-state index in [0.717, 1.165) is 37.7 Å². The third-order valence-electron chi connectivity index (χ3n) is 2.98. The normalized spacial score (nSPS) is 17.5. The van der Waals surface area contributed by atoms with Crippen molar-refractivity contribution in [2.24, 2.45) is 0 Å². The Labute approximate surface area is 96.2 Å². The van der Waals surface area contributed by atoms with Gasteiger partial charge in [0.2, 0.25) is 0 Å². The highest BCUT2D eigenvalue weighted by atomic mass is 16.5. The molecule has 0 atom stereocenters. The fraction of sp³-hybridized carbons (Fsp3) is 0.727. The monoisotopic (exact) mass is 224 g/mol. The van der Waals surface area contributed by atoms with E-state index in [1.165, 1.54) is 12.0 Å². The Kier molecular flexibility index (Phi) is 3.79. The zero-order chi connectivity index (χ0) is 11.4. The molecule has 16 heavy (non-hydrogen) atoms. The largest absolute Gasteiger partial charge is 0.380 e. The van der Waals surface area contributed by atoms with Gasteiger partial charge in [-0.15, -0.1) is 0 Å². The molecule has 2 N–H and O–H groups in total. The summed E-state index contributed by atoms with van der Waals surface area (Å²) in [4.78, 5) is 2.33. The number of hydrogen-bond donors (Lipinski definition) is 2. The first kappa shape index (κ1) is 11.4. The summed E-state index contributed by atoms with van der Waals surface area (Å²) in [6, 6.07) is 0. The van der Waals surface area contributed by atoms with Gasteiger partial charge in [0, 0.05) is 38.0 Å². The quantitative estimate of drug-likeness (QED) is 0.792. The highest BCUT2D eigenvalue weighted by Gasteiger charge is 2.17. The van der Waals surface area contributed by atoms with Gasteiger partial charge in [0.05, 0.1) is 6.61 Å². The molecule has 1 aromatic rings. The van der Waals surface area contributed by atoms with Gasteiger partial charge in [0.15, 0.2) is 5.82 Å². The Balaban J connectivity index is 2.17. The summed E-state index contributed by atoms with van der Waals surface area (Å²) in [5.41, 5.74) is 2.29. The second-order valence-electron chi connectivity index (χ2n) is 4.17. The third kappa shape index (κ3) is 2.36. The number of anilines is 1. The summed E-state index contributed by atoms with van der Waals surface area (Å²) in [7, 11) is 1.72. The lowest BCUT2D eigenvalue weighted by Gasteiger charge is -2.20. The van der Waals surface area contributed by atoms with E-state index >= 15 is 0 Å². The van der Waals surface area contributed by atoms with Crippen molar-refractivity contribution in [3.63, 3.8) is 0 Å². The van der Waals surface area contributed by atoms with Gasteiger partial charge in [-0.3, -0.25) is 5.10 Å². The summed E-state index contributed by atoms with van der Waals surface area (Å²) >= 11 is 0. The van der Waals surface area contributed by atoms with Crippen molar-refractivity contribution < 1.29 is 4.74 Å². The Morgan fingerprint density at radius 1 is 1.38 bits per heavy atom. The van der Waals surface area contributed by atoms with Crippen LogP contribution in [-0.2, 0) is 11.3 Å². The lowest BCUT2D eigenvalue weighted by molar-refractivity contribution is 0.184. The topological polar surface area (TPSA) is 53.2 Å². The molecule has 5 nitrogen and oxygen atoms in total. The van der Waals surface area contributed by atoms with Crippen LogP contribution in [0.1, 0.15) is 17.7 Å². The van der Waals surface area contributed by atoms with Gasteiger partial charge in [-0.05, 0) is 19.9 Å². The van der Waals surface area contributed by atoms with Crippen LogP contribution < -0.4 is 10.2 Å². The number of aromatic amines is 1. The van der Waals surface area contributed by atoms with Gasteiger partial charge in [-0.25, -0.2) is 0 Å². The number of aryl methyl sites for hydroxylation is 1. The number of ether oxygens (including phenoxy) is 1. The number of nitrogens with one attached hydrogen (secondary N) is 2. The van der Waals surface area contributed by atoms with Crippen LogP contribution in [0.15, 0.2) is 0 Å². The lowest BCUT2D eigenvalue weighted by atomic mass is 10.2. The Bertz CT molecular complexity index is 329. The molecule has 90 valence electrons. The maximum atomic E-state index is 5.23. The molecule has 2 heterocycles. The van der Waals surface area contributed by atoms with Crippen LogP contribution in [0.5, 0.6) is 0 Å². The van der Waals surface area contributed by atoms with Crippen molar-refractivity contribution in [2.45, 2.75) is 20.0 Å². The minimum atomic E-state index is 0.627. The second-order valence-corrected chi connectivity index (χ2v) is 4.17. The summed E-state index contributed by atoms with van der Waals surface area (Å²) in [6.45, 7) is 6.87. The fourth-order valence-corrected chi connectivity index (χ4v) is 2.08. The summed E-state index contributed by atoms with van der Waals surface area (Å²) in [5, 5.41) is 10.8. The smallest absolute Gasteiger partial charge is 0.156 e. The molecular weight excluding hydrogens is 204 g/mol. The van der Waals surface area contributed by atoms with E-state index in [1.807, 2.05) is 6.92 Å². The maximum absolute atomic E-state index is 5.23. The molecule has 0 aromatic carbocycles. The molecule has 0 bridgehead atoms. The molecule has 0 spiro atoms. The highest BCUT2D eigenvalue weighted by molar-refractivity contribution is 5.48. The van der Waals surface area contributed by atoms with E-state index in [-0.39, 0.29) is 0 Å². The van der Waals surface area contributed by atoms with Gasteiger partial charge in [-0.2, -0.15) is 5.10 Å². The van der Waals surface area contributed by atoms with Gasteiger partial charge in [0.25, 0.3) is 0 Å². The number of hydrogen-bond acceptors (Lipinski definition) is 4. The summed E-state index contributed by atoms with van der Waals surface area (Å²) in [6.07, 6.45) is 1.17.